The SMILES string of the molecule is CC(O)(CN=C(NCCc1ccco1)NCCN1CCOCC1)c1ccccc1.I. The average molecular weight is 528 g/mol. The molecular weight excluding hydrogens is 495 g/mol. The summed E-state index contributed by atoms with van der Waals surface area (Å²) in [7, 11) is 0. The Balaban J connectivity index is 0.00000320. The van der Waals surface area contributed by atoms with E-state index >= 15 is 0 Å². The number of hydrogen-bond donors (Lipinski definition) is 3. The molecule has 0 spiro atoms. The summed E-state index contributed by atoms with van der Waals surface area (Å²) in [5, 5.41) is 17.6. The minimum Gasteiger partial charge on any atom is -0.469 e. The van der Waals surface area contributed by atoms with Gasteiger partial charge in [-0.05, 0) is 24.6 Å². The zero-order valence-electron chi connectivity index (χ0n) is 17.5. The number of hydrogen-bond acceptors (Lipinski definition) is 5. The Kier molecular flexibility index (Phi) is 10.6. The molecule has 1 saturated heterocycles. The summed E-state index contributed by atoms with van der Waals surface area (Å²) in [6.07, 6.45) is 2.45. The van der Waals surface area contributed by atoms with Gasteiger partial charge in [0.2, 0.25) is 0 Å². The third-order valence-corrected chi connectivity index (χ3v) is 5.01. The summed E-state index contributed by atoms with van der Waals surface area (Å²) in [6.45, 7) is 7.97. The Morgan fingerprint density at radius 3 is 2.53 bits per heavy atom. The molecule has 1 aromatic heterocycles. The molecule has 0 bridgehead atoms. The quantitative estimate of drug-likeness (QED) is 0.263. The molecule has 3 N–H and O–H groups in total. The predicted molar refractivity (Wildman–Crippen MR) is 129 cm³/mol. The number of nitrogens with zero attached hydrogens (tertiary/aromatic N) is 2. The molecule has 1 atom stereocenters. The van der Waals surface area contributed by atoms with E-state index in [2.05, 4.69) is 20.5 Å². The van der Waals surface area contributed by atoms with Crippen molar-refractivity contribution in [1.29, 1.82) is 0 Å². The molecule has 2 aromatic rings. The molecule has 1 unspecified atom stereocenters. The Hall–Kier alpha value is -1.62. The first kappa shape index (κ1) is 24.6. The minimum absolute atomic E-state index is 0. The number of nitrogens with one attached hydrogen (secondary N) is 2. The van der Waals surface area contributed by atoms with Crippen LogP contribution in [-0.2, 0) is 16.8 Å². The van der Waals surface area contributed by atoms with E-state index in [9.17, 15) is 5.11 Å². The summed E-state index contributed by atoms with van der Waals surface area (Å²) in [5.74, 6) is 1.63. The van der Waals surface area contributed by atoms with E-state index < -0.39 is 5.60 Å². The Morgan fingerprint density at radius 1 is 1.10 bits per heavy atom. The summed E-state index contributed by atoms with van der Waals surface area (Å²) in [4.78, 5) is 7.02. The number of furan rings is 1. The highest BCUT2D eigenvalue weighted by atomic mass is 127. The van der Waals surface area contributed by atoms with Crippen LogP contribution in [0, 0.1) is 0 Å². The van der Waals surface area contributed by atoms with Gasteiger partial charge in [0.15, 0.2) is 5.96 Å². The normalized spacial score (nSPS) is 17.1. The zero-order chi connectivity index (χ0) is 20.4. The van der Waals surface area contributed by atoms with Gasteiger partial charge in [0.25, 0.3) is 0 Å². The number of guanidine groups is 1. The van der Waals surface area contributed by atoms with Crippen LogP contribution < -0.4 is 10.6 Å². The highest BCUT2D eigenvalue weighted by Crippen LogP contribution is 2.20. The van der Waals surface area contributed by atoms with E-state index in [0.717, 1.165) is 57.1 Å². The lowest BCUT2D eigenvalue weighted by Crippen LogP contribution is -2.45. The molecule has 0 aliphatic carbocycles. The molecule has 166 valence electrons. The largest absolute Gasteiger partial charge is 0.469 e. The number of aliphatic hydroxyl groups is 1. The first-order chi connectivity index (χ1) is 14.1. The van der Waals surface area contributed by atoms with Crippen LogP contribution in [0.1, 0.15) is 18.2 Å². The van der Waals surface area contributed by atoms with Crippen LogP contribution in [0.3, 0.4) is 0 Å². The van der Waals surface area contributed by atoms with Crippen molar-refractivity contribution in [3.05, 3.63) is 60.1 Å². The summed E-state index contributed by atoms with van der Waals surface area (Å²) < 4.78 is 10.8. The third kappa shape index (κ3) is 8.25. The molecule has 7 nitrogen and oxygen atoms in total. The molecule has 0 radical (unpaired) electrons. The van der Waals surface area contributed by atoms with E-state index in [1.54, 1.807) is 13.2 Å². The van der Waals surface area contributed by atoms with Crippen molar-refractivity contribution < 1.29 is 14.3 Å². The summed E-state index contributed by atoms with van der Waals surface area (Å²) in [6, 6.07) is 13.5. The van der Waals surface area contributed by atoms with Gasteiger partial charge in [-0.15, -0.1) is 24.0 Å². The second-order valence-corrected chi connectivity index (χ2v) is 7.44. The fourth-order valence-corrected chi connectivity index (χ4v) is 3.21. The topological polar surface area (TPSA) is 82.3 Å². The van der Waals surface area contributed by atoms with Crippen molar-refractivity contribution >= 4 is 29.9 Å². The molecule has 3 rings (SSSR count). The van der Waals surface area contributed by atoms with E-state index in [-0.39, 0.29) is 30.5 Å². The lowest BCUT2D eigenvalue weighted by Gasteiger charge is -2.27. The van der Waals surface area contributed by atoms with Gasteiger partial charge in [0.1, 0.15) is 11.4 Å². The first-order valence-corrected chi connectivity index (χ1v) is 10.3. The van der Waals surface area contributed by atoms with Gasteiger partial charge in [0.05, 0.1) is 26.0 Å². The van der Waals surface area contributed by atoms with Gasteiger partial charge in [-0.3, -0.25) is 4.90 Å². The lowest BCUT2D eigenvalue weighted by molar-refractivity contribution is 0.0389. The average Bonchev–Trinajstić information content (AvgIpc) is 3.27. The molecule has 0 saturated carbocycles. The second-order valence-electron chi connectivity index (χ2n) is 7.44. The van der Waals surface area contributed by atoms with Crippen LogP contribution in [-0.4, -0.2) is 68.4 Å². The van der Waals surface area contributed by atoms with Crippen LogP contribution in [0.4, 0.5) is 0 Å². The Morgan fingerprint density at radius 2 is 1.83 bits per heavy atom. The Labute approximate surface area is 195 Å². The third-order valence-electron chi connectivity index (χ3n) is 5.01. The van der Waals surface area contributed by atoms with Crippen LogP contribution in [0.2, 0.25) is 0 Å². The molecular formula is C22H33IN4O3. The van der Waals surface area contributed by atoms with Gasteiger partial charge in [-0.25, -0.2) is 4.99 Å². The number of morpholine rings is 1. The number of rotatable bonds is 9. The fraction of sp³-hybridized carbons (Fsp3) is 0.500. The maximum Gasteiger partial charge on any atom is 0.191 e. The standard InChI is InChI=1S/C22H32N4O3.HI/c1-22(27,19-6-3-2-4-7-19)18-25-21(23-10-9-20-8-5-15-29-20)24-11-12-26-13-16-28-17-14-26;/h2-8,15,27H,9-14,16-18H2,1H3,(H2,23,24,25);1H. The smallest absolute Gasteiger partial charge is 0.191 e. The molecule has 0 amide bonds. The highest BCUT2D eigenvalue weighted by Gasteiger charge is 2.22. The number of halogens is 1. The molecule has 30 heavy (non-hydrogen) atoms. The summed E-state index contributed by atoms with van der Waals surface area (Å²) >= 11 is 0. The van der Waals surface area contributed by atoms with Crippen molar-refractivity contribution in [3.63, 3.8) is 0 Å². The number of benzene rings is 1. The Bertz CT molecular complexity index is 732. The molecule has 1 aromatic carbocycles. The minimum atomic E-state index is -1.03. The second kappa shape index (κ2) is 12.9. The first-order valence-electron chi connectivity index (χ1n) is 10.3. The van der Waals surface area contributed by atoms with Crippen molar-refractivity contribution in [2.24, 2.45) is 4.99 Å². The molecule has 2 heterocycles. The zero-order valence-corrected chi connectivity index (χ0v) is 19.9. The highest BCUT2D eigenvalue weighted by molar-refractivity contribution is 14.0. The molecule has 1 fully saturated rings. The van der Waals surface area contributed by atoms with Crippen molar-refractivity contribution in [3.8, 4) is 0 Å². The van der Waals surface area contributed by atoms with Crippen LogP contribution in [0.15, 0.2) is 58.1 Å². The van der Waals surface area contributed by atoms with Crippen LogP contribution >= 0.6 is 24.0 Å². The van der Waals surface area contributed by atoms with Gasteiger partial charge in [-0.2, -0.15) is 0 Å². The van der Waals surface area contributed by atoms with E-state index in [1.165, 1.54) is 0 Å². The van der Waals surface area contributed by atoms with Crippen molar-refractivity contribution in [2.45, 2.75) is 18.9 Å². The van der Waals surface area contributed by atoms with Crippen LogP contribution in [0.25, 0.3) is 0 Å². The van der Waals surface area contributed by atoms with E-state index in [4.69, 9.17) is 9.15 Å². The van der Waals surface area contributed by atoms with Gasteiger partial charge < -0.3 is 24.9 Å². The number of aliphatic imine (C=N–C) groups is 1. The maximum absolute atomic E-state index is 10.8. The van der Waals surface area contributed by atoms with Crippen molar-refractivity contribution in [2.75, 3.05) is 52.5 Å². The van der Waals surface area contributed by atoms with Crippen molar-refractivity contribution in [1.82, 2.24) is 15.5 Å². The van der Waals surface area contributed by atoms with Gasteiger partial charge in [-0.1, -0.05) is 30.3 Å². The maximum atomic E-state index is 10.8. The van der Waals surface area contributed by atoms with Gasteiger partial charge >= 0.3 is 0 Å². The molecule has 1 aliphatic rings. The summed E-state index contributed by atoms with van der Waals surface area (Å²) in [5.41, 5.74) is -0.173. The lowest BCUT2D eigenvalue weighted by atomic mass is 9.96. The van der Waals surface area contributed by atoms with E-state index in [1.807, 2.05) is 42.5 Å². The fourth-order valence-electron chi connectivity index (χ4n) is 3.21. The van der Waals surface area contributed by atoms with E-state index in [0.29, 0.717) is 12.5 Å². The van der Waals surface area contributed by atoms with Crippen LogP contribution in [0.5, 0.6) is 0 Å². The van der Waals surface area contributed by atoms with Gasteiger partial charge in [0, 0.05) is 39.1 Å². The number of ether oxygens (including phenoxy) is 1. The molecule has 8 heteroatoms. The molecule has 1 aliphatic heterocycles. The monoisotopic (exact) mass is 528 g/mol. The predicted octanol–water partition coefficient (Wildman–Crippen LogP) is 2.22.